The van der Waals surface area contributed by atoms with Crippen molar-refractivity contribution in [2.45, 2.75) is 49.0 Å². The molecule has 0 amide bonds. The highest BCUT2D eigenvalue weighted by atomic mass is 16.5. The molecule has 3 aromatic carbocycles. The smallest absolute Gasteiger partial charge is 0.157 e. The summed E-state index contributed by atoms with van der Waals surface area (Å²) in [6, 6.07) is 7.00. The average molecular weight is 581 g/mol. The molecule has 2 unspecified atom stereocenters. The zero-order valence-corrected chi connectivity index (χ0v) is 21.7. The van der Waals surface area contributed by atoms with Gasteiger partial charge >= 0.3 is 0 Å². The van der Waals surface area contributed by atoms with Crippen LogP contribution >= 0.6 is 0 Å². The number of hydrogen-bond acceptors (Lipinski definition) is 12. The lowest BCUT2D eigenvalue weighted by Crippen LogP contribution is -2.41. The second-order valence-electron chi connectivity index (χ2n) is 10.6. The molecular formula is C30H28O12. The molecule has 6 rings (SSSR count). The molecule has 3 aromatic rings. The summed E-state index contributed by atoms with van der Waals surface area (Å²) < 4.78 is 12.1. The fourth-order valence-corrected chi connectivity index (χ4v) is 5.86. The van der Waals surface area contributed by atoms with Crippen LogP contribution in [-0.4, -0.2) is 81.6 Å². The number of fused-ring (bicyclic) bond motifs is 2. The van der Waals surface area contributed by atoms with E-state index in [1.807, 2.05) is 0 Å². The van der Waals surface area contributed by atoms with E-state index in [9.17, 15) is 51.1 Å². The Hall–Kier alpha value is -4.62. The maximum Gasteiger partial charge on any atom is 0.157 e. The topological polar surface area (TPSA) is 221 Å². The van der Waals surface area contributed by atoms with Gasteiger partial charge in [0.15, 0.2) is 17.6 Å². The quantitative estimate of drug-likeness (QED) is 0.199. The molecule has 0 spiro atoms. The second kappa shape index (κ2) is 10.0. The Morgan fingerprint density at radius 3 is 2.12 bits per heavy atom. The molecule has 0 aromatic heterocycles. The Bertz CT molecular complexity index is 1630. The van der Waals surface area contributed by atoms with Crippen molar-refractivity contribution in [2.24, 2.45) is 0 Å². The first-order chi connectivity index (χ1) is 19.9. The van der Waals surface area contributed by atoms with Crippen LogP contribution in [0.5, 0.6) is 46.0 Å². The van der Waals surface area contributed by atoms with Crippen LogP contribution in [0, 0.1) is 0 Å². The van der Waals surface area contributed by atoms with Crippen molar-refractivity contribution in [3.63, 3.8) is 0 Å². The van der Waals surface area contributed by atoms with Crippen molar-refractivity contribution in [2.75, 3.05) is 0 Å². The van der Waals surface area contributed by atoms with Crippen LogP contribution in [0.25, 0.3) is 0 Å². The summed E-state index contributed by atoms with van der Waals surface area (Å²) in [5.41, 5.74) is 0.529. The van der Waals surface area contributed by atoms with Crippen molar-refractivity contribution < 1.29 is 60.5 Å². The molecule has 1 aliphatic carbocycles. The Kier molecular flexibility index (Phi) is 6.58. The molecular weight excluding hydrogens is 552 g/mol. The van der Waals surface area contributed by atoms with Gasteiger partial charge in [0, 0.05) is 41.3 Å². The third-order valence-electron chi connectivity index (χ3n) is 7.87. The van der Waals surface area contributed by atoms with Crippen LogP contribution < -0.4 is 9.47 Å². The van der Waals surface area contributed by atoms with E-state index < -0.39 is 71.3 Å². The predicted octanol–water partition coefficient (Wildman–Crippen LogP) is 1.43. The Labute approximate surface area is 238 Å². The van der Waals surface area contributed by atoms with E-state index in [1.54, 1.807) is 0 Å². The van der Waals surface area contributed by atoms with Gasteiger partial charge in [-0.2, -0.15) is 0 Å². The Morgan fingerprint density at radius 2 is 1.40 bits per heavy atom. The third-order valence-corrected chi connectivity index (χ3v) is 7.87. The highest BCUT2D eigenvalue weighted by molar-refractivity contribution is 5.66. The van der Waals surface area contributed by atoms with E-state index in [1.165, 1.54) is 42.5 Å². The molecule has 3 aliphatic rings. The van der Waals surface area contributed by atoms with Gasteiger partial charge < -0.3 is 60.5 Å². The standard InChI is InChI=1S/C30H28O12/c31-13-7-20(37)24-23(8-13)41-29(12-2-4-16(33)19(36)6-12)27(40)26(24)25-21(38)10-17(34)14-9-22(39)28(42-30(14)25)11-1-3-15(32)18(35)5-11/h1-8,10,15,18,22,26-29,31-40H,9H2/t15?,18?,22-,26+,27+,28-,29-/m1/s1. The first kappa shape index (κ1) is 27.5. The number of aliphatic hydroxyl groups excluding tert-OH is 4. The van der Waals surface area contributed by atoms with Gasteiger partial charge in [0.2, 0.25) is 0 Å². The van der Waals surface area contributed by atoms with Crippen LogP contribution in [0.3, 0.4) is 0 Å². The molecule has 12 nitrogen and oxygen atoms in total. The van der Waals surface area contributed by atoms with Gasteiger partial charge in [0.1, 0.15) is 58.9 Å². The summed E-state index contributed by atoms with van der Waals surface area (Å²) in [4.78, 5) is 0. The summed E-state index contributed by atoms with van der Waals surface area (Å²) in [6.45, 7) is 0. The number of phenols is 6. The molecule has 220 valence electrons. The van der Waals surface area contributed by atoms with Gasteiger partial charge in [0.25, 0.3) is 0 Å². The minimum absolute atomic E-state index is 0.0238. The molecule has 2 heterocycles. The first-order valence-corrected chi connectivity index (χ1v) is 13.1. The molecule has 42 heavy (non-hydrogen) atoms. The average Bonchev–Trinajstić information content (AvgIpc) is 2.93. The van der Waals surface area contributed by atoms with E-state index in [0.717, 1.165) is 12.1 Å². The fraction of sp³-hybridized carbons (Fsp3) is 0.267. The molecule has 7 atom stereocenters. The summed E-state index contributed by atoms with van der Waals surface area (Å²) in [6.07, 6.45) is -3.66. The van der Waals surface area contributed by atoms with Crippen molar-refractivity contribution in [3.05, 3.63) is 82.5 Å². The maximum atomic E-state index is 11.8. The minimum atomic E-state index is -1.59. The molecule has 10 N–H and O–H groups in total. The van der Waals surface area contributed by atoms with Crippen molar-refractivity contribution in [1.29, 1.82) is 0 Å². The lowest BCUT2D eigenvalue weighted by Gasteiger charge is -2.40. The van der Waals surface area contributed by atoms with Crippen LogP contribution in [0.15, 0.2) is 60.2 Å². The monoisotopic (exact) mass is 580 g/mol. The van der Waals surface area contributed by atoms with Crippen LogP contribution in [0.2, 0.25) is 0 Å². The number of rotatable bonds is 3. The predicted molar refractivity (Wildman–Crippen MR) is 144 cm³/mol. The number of benzene rings is 3. The van der Waals surface area contributed by atoms with Gasteiger partial charge in [-0.25, -0.2) is 0 Å². The van der Waals surface area contributed by atoms with Gasteiger partial charge in [-0.15, -0.1) is 0 Å². The molecule has 0 bridgehead atoms. The zero-order valence-electron chi connectivity index (χ0n) is 21.7. The minimum Gasteiger partial charge on any atom is -0.508 e. The van der Waals surface area contributed by atoms with Crippen LogP contribution in [0.4, 0.5) is 0 Å². The molecule has 0 fully saturated rings. The molecule has 0 saturated heterocycles. The lowest BCUT2D eigenvalue weighted by atomic mass is 9.77. The van der Waals surface area contributed by atoms with Gasteiger partial charge in [-0.05, 0) is 29.3 Å². The first-order valence-electron chi connectivity index (χ1n) is 13.1. The molecule has 0 radical (unpaired) electrons. The summed E-state index contributed by atoms with van der Waals surface area (Å²) in [5.74, 6) is -4.15. The largest absolute Gasteiger partial charge is 0.508 e. The SMILES string of the molecule is Oc1cc(O)c2c(c1)O[C@H](c1ccc(O)c(O)c1)[C@@H](O)[C@@H]2c1c(O)cc(O)c2c1O[C@H](C1=CC(O)C(O)C=C1)[C@H](O)C2. The summed E-state index contributed by atoms with van der Waals surface area (Å²) in [7, 11) is 0. The lowest BCUT2D eigenvalue weighted by molar-refractivity contribution is 0.00406. The fourth-order valence-electron chi connectivity index (χ4n) is 5.86. The molecule has 2 aliphatic heterocycles. The normalized spacial score (nSPS) is 28.2. The number of aliphatic hydroxyl groups is 4. The van der Waals surface area contributed by atoms with E-state index in [4.69, 9.17) is 9.47 Å². The summed E-state index contributed by atoms with van der Waals surface area (Å²) >= 11 is 0. The molecule has 0 saturated carbocycles. The van der Waals surface area contributed by atoms with Crippen molar-refractivity contribution in [1.82, 2.24) is 0 Å². The van der Waals surface area contributed by atoms with Gasteiger partial charge in [-0.3, -0.25) is 0 Å². The second-order valence-corrected chi connectivity index (χ2v) is 10.6. The van der Waals surface area contributed by atoms with E-state index in [-0.39, 0.29) is 45.9 Å². The number of aromatic hydroxyl groups is 6. The van der Waals surface area contributed by atoms with E-state index >= 15 is 0 Å². The van der Waals surface area contributed by atoms with Crippen LogP contribution in [0.1, 0.15) is 34.3 Å². The van der Waals surface area contributed by atoms with Gasteiger partial charge in [-0.1, -0.05) is 18.2 Å². The Balaban J connectivity index is 1.54. The maximum absolute atomic E-state index is 11.8. The third kappa shape index (κ3) is 4.41. The Morgan fingerprint density at radius 1 is 0.667 bits per heavy atom. The van der Waals surface area contributed by atoms with Crippen molar-refractivity contribution in [3.8, 4) is 46.0 Å². The van der Waals surface area contributed by atoms with E-state index in [0.29, 0.717) is 5.57 Å². The molecule has 12 heteroatoms. The van der Waals surface area contributed by atoms with Crippen molar-refractivity contribution >= 4 is 0 Å². The number of phenolic OH excluding ortho intramolecular Hbond substituents is 6. The van der Waals surface area contributed by atoms with Crippen LogP contribution in [-0.2, 0) is 6.42 Å². The van der Waals surface area contributed by atoms with E-state index in [2.05, 4.69) is 0 Å². The zero-order chi connectivity index (χ0) is 30.0. The number of ether oxygens (including phenoxy) is 2. The highest BCUT2D eigenvalue weighted by Gasteiger charge is 2.46. The number of hydrogen-bond donors (Lipinski definition) is 10. The van der Waals surface area contributed by atoms with Gasteiger partial charge in [0.05, 0.1) is 12.0 Å². The summed E-state index contributed by atoms with van der Waals surface area (Å²) in [5, 5.41) is 106. The highest BCUT2D eigenvalue weighted by Crippen LogP contribution is 2.56.